The fourth-order valence-corrected chi connectivity index (χ4v) is 4.83. The lowest BCUT2D eigenvalue weighted by molar-refractivity contribution is 0.0977. The number of benzene rings is 2. The Balaban J connectivity index is 1.60. The van der Waals surface area contributed by atoms with Crippen molar-refractivity contribution in [3.05, 3.63) is 59.1 Å². The maximum atomic E-state index is 12.8. The van der Waals surface area contributed by atoms with Gasteiger partial charge in [-0.1, -0.05) is 18.5 Å². The van der Waals surface area contributed by atoms with Crippen molar-refractivity contribution in [3.63, 3.8) is 0 Å². The molecule has 1 saturated heterocycles. The van der Waals surface area contributed by atoms with Crippen LogP contribution in [0.3, 0.4) is 0 Å². The molecule has 1 aliphatic rings. The van der Waals surface area contributed by atoms with Crippen LogP contribution < -0.4 is 10.6 Å². The highest BCUT2D eigenvalue weighted by molar-refractivity contribution is 7.89. The number of halogens is 1. The number of rotatable bonds is 4. The number of nitrogens with one attached hydrogen (secondary N) is 2. The molecule has 2 aromatic carbocycles. The molecule has 0 radical (unpaired) electrons. The summed E-state index contributed by atoms with van der Waals surface area (Å²) in [7, 11) is -3.50. The molecule has 1 fully saturated rings. The largest absolute Gasteiger partial charge is 0.332 e. The van der Waals surface area contributed by atoms with Crippen molar-refractivity contribution in [2.45, 2.75) is 24.7 Å². The van der Waals surface area contributed by atoms with Gasteiger partial charge in [-0.25, -0.2) is 8.42 Å². The second kappa shape index (κ2) is 9.21. The van der Waals surface area contributed by atoms with Gasteiger partial charge in [0.05, 0.1) is 4.90 Å². The number of hydrogen-bond donors (Lipinski definition) is 2. The first-order chi connectivity index (χ1) is 13.8. The van der Waals surface area contributed by atoms with Crippen LogP contribution in [0.25, 0.3) is 0 Å². The number of carbonyl (C=O) groups is 1. The number of piperidine rings is 1. The van der Waals surface area contributed by atoms with E-state index in [0.29, 0.717) is 35.3 Å². The average Bonchev–Trinajstić information content (AvgIpc) is 2.69. The Morgan fingerprint density at radius 1 is 1.07 bits per heavy atom. The third-order valence-electron chi connectivity index (χ3n) is 4.83. The van der Waals surface area contributed by atoms with E-state index in [4.69, 9.17) is 23.8 Å². The molecule has 2 aromatic rings. The molecule has 29 heavy (non-hydrogen) atoms. The lowest BCUT2D eigenvalue weighted by Gasteiger charge is -2.29. The Bertz CT molecular complexity index is 985. The lowest BCUT2D eigenvalue weighted by atomic mass is 10.0. The molecule has 0 saturated carbocycles. The second-order valence-corrected chi connectivity index (χ2v) is 9.81. The first-order valence-corrected chi connectivity index (χ1v) is 11.5. The van der Waals surface area contributed by atoms with E-state index in [9.17, 15) is 13.2 Å². The molecule has 1 aliphatic heterocycles. The van der Waals surface area contributed by atoms with Crippen LogP contribution in [0, 0.1) is 5.92 Å². The summed E-state index contributed by atoms with van der Waals surface area (Å²) in [5.74, 6) is 0.190. The number of sulfonamides is 1. The molecular weight excluding hydrogens is 430 g/mol. The van der Waals surface area contributed by atoms with Gasteiger partial charge < -0.3 is 5.32 Å². The lowest BCUT2D eigenvalue weighted by Crippen LogP contribution is -2.37. The van der Waals surface area contributed by atoms with E-state index in [1.165, 1.54) is 4.31 Å². The number of anilines is 1. The van der Waals surface area contributed by atoms with Crippen molar-refractivity contribution >= 4 is 50.5 Å². The normalized spacial score (nSPS) is 15.7. The summed E-state index contributed by atoms with van der Waals surface area (Å²) >= 11 is 11.0. The fourth-order valence-electron chi connectivity index (χ4n) is 3.02. The summed E-state index contributed by atoms with van der Waals surface area (Å²) < 4.78 is 27.1. The van der Waals surface area contributed by atoms with E-state index >= 15 is 0 Å². The van der Waals surface area contributed by atoms with Crippen molar-refractivity contribution in [1.29, 1.82) is 0 Å². The first-order valence-electron chi connectivity index (χ1n) is 9.24. The van der Waals surface area contributed by atoms with Gasteiger partial charge in [0.15, 0.2) is 5.11 Å². The second-order valence-electron chi connectivity index (χ2n) is 7.03. The predicted molar refractivity (Wildman–Crippen MR) is 119 cm³/mol. The zero-order valence-electron chi connectivity index (χ0n) is 15.9. The molecule has 2 N–H and O–H groups in total. The highest BCUT2D eigenvalue weighted by atomic mass is 35.5. The molecule has 0 spiro atoms. The van der Waals surface area contributed by atoms with Gasteiger partial charge in [-0.2, -0.15) is 4.31 Å². The minimum Gasteiger partial charge on any atom is -0.332 e. The monoisotopic (exact) mass is 451 g/mol. The minimum atomic E-state index is -3.50. The third-order valence-corrected chi connectivity index (χ3v) is 7.20. The van der Waals surface area contributed by atoms with Gasteiger partial charge in [0.2, 0.25) is 10.0 Å². The van der Waals surface area contributed by atoms with Crippen molar-refractivity contribution in [2.75, 3.05) is 18.4 Å². The first kappa shape index (κ1) is 21.7. The highest BCUT2D eigenvalue weighted by Crippen LogP contribution is 2.24. The van der Waals surface area contributed by atoms with Crippen LogP contribution in [0.5, 0.6) is 0 Å². The molecule has 0 atom stereocenters. The zero-order chi connectivity index (χ0) is 21.0. The van der Waals surface area contributed by atoms with Gasteiger partial charge >= 0.3 is 0 Å². The summed E-state index contributed by atoms with van der Waals surface area (Å²) in [5, 5.41) is 6.11. The topological polar surface area (TPSA) is 78.5 Å². The summed E-state index contributed by atoms with van der Waals surface area (Å²) in [6.07, 6.45) is 1.75. The molecule has 154 valence electrons. The molecule has 0 aliphatic carbocycles. The van der Waals surface area contributed by atoms with Gasteiger partial charge in [-0.15, -0.1) is 0 Å². The van der Waals surface area contributed by atoms with Crippen LogP contribution in [0.2, 0.25) is 5.02 Å². The van der Waals surface area contributed by atoms with Crippen molar-refractivity contribution in [1.82, 2.24) is 9.62 Å². The van der Waals surface area contributed by atoms with Crippen LogP contribution in [-0.4, -0.2) is 36.8 Å². The maximum Gasteiger partial charge on any atom is 0.257 e. The van der Waals surface area contributed by atoms with Crippen LogP contribution in [0.4, 0.5) is 5.69 Å². The predicted octanol–water partition coefficient (Wildman–Crippen LogP) is 3.89. The quantitative estimate of drug-likeness (QED) is 0.689. The smallest absolute Gasteiger partial charge is 0.257 e. The Labute approximate surface area is 181 Å². The Hall–Kier alpha value is -2.00. The van der Waals surface area contributed by atoms with Gasteiger partial charge in [0, 0.05) is 29.4 Å². The molecule has 3 rings (SSSR count). The molecular formula is C20H22ClN3O3S2. The van der Waals surface area contributed by atoms with Crippen molar-refractivity contribution in [2.24, 2.45) is 5.92 Å². The third kappa shape index (κ3) is 5.54. The van der Waals surface area contributed by atoms with E-state index in [0.717, 1.165) is 12.8 Å². The molecule has 9 heteroatoms. The van der Waals surface area contributed by atoms with Crippen LogP contribution in [-0.2, 0) is 10.0 Å². The van der Waals surface area contributed by atoms with Gasteiger partial charge in [0.25, 0.3) is 5.91 Å². The Morgan fingerprint density at radius 3 is 2.24 bits per heavy atom. The molecule has 0 aromatic heterocycles. The Morgan fingerprint density at radius 2 is 1.66 bits per heavy atom. The van der Waals surface area contributed by atoms with E-state index < -0.39 is 10.0 Å². The molecule has 0 unspecified atom stereocenters. The number of amides is 1. The molecule has 0 bridgehead atoms. The van der Waals surface area contributed by atoms with E-state index in [-0.39, 0.29) is 15.9 Å². The van der Waals surface area contributed by atoms with Crippen LogP contribution >= 0.6 is 23.8 Å². The SMILES string of the molecule is CC1CCN(S(=O)(=O)c2ccc(NC(=S)NC(=O)c3ccc(Cl)cc3)cc2)CC1. The average molecular weight is 452 g/mol. The van der Waals surface area contributed by atoms with Crippen molar-refractivity contribution in [3.8, 4) is 0 Å². The highest BCUT2D eigenvalue weighted by Gasteiger charge is 2.27. The molecule has 1 heterocycles. The van der Waals surface area contributed by atoms with E-state index in [1.54, 1.807) is 48.5 Å². The van der Waals surface area contributed by atoms with Crippen molar-refractivity contribution < 1.29 is 13.2 Å². The minimum absolute atomic E-state index is 0.116. The summed E-state index contributed by atoms with van der Waals surface area (Å²) in [5.41, 5.74) is 1.01. The number of thiocarbonyl (C=S) groups is 1. The molecule has 6 nitrogen and oxygen atoms in total. The number of hydrogen-bond acceptors (Lipinski definition) is 4. The van der Waals surface area contributed by atoms with E-state index in [2.05, 4.69) is 17.6 Å². The Kier molecular flexibility index (Phi) is 6.89. The van der Waals surface area contributed by atoms with Crippen LogP contribution in [0.15, 0.2) is 53.4 Å². The van der Waals surface area contributed by atoms with E-state index in [1.807, 2.05) is 0 Å². The van der Waals surface area contributed by atoms with Gasteiger partial charge in [-0.3, -0.25) is 10.1 Å². The zero-order valence-corrected chi connectivity index (χ0v) is 18.3. The number of nitrogens with zero attached hydrogens (tertiary/aromatic N) is 1. The van der Waals surface area contributed by atoms with Gasteiger partial charge in [0.1, 0.15) is 0 Å². The summed E-state index contributed by atoms with van der Waals surface area (Å²) in [6, 6.07) is 12.8. The molecule has 1 amide bonds. The fraction of sp³-hybridized carbons (Fsp3) is 0.300. The maximum absolute atomic E-state index is 12.8. The number of carbonyl (C=O) groups excluding carboxylic acids is 1. The van der Waals surface area contributed by atoms with Crippen LogP contribution in [0.1, 0.15) is 30.1 Å². The standard InChI is InChI=1S/C20H22ClN3O3S2/c1-14-10-12-24(13-11-14)29(26,27)18-8-6-17(7-9-18)22-20(28)23-19(25)15-2-4-16(21)5-3-15/h2-9,14H,10-13H2,1H3,(H2,22,23,25,28). The van der Waals surface area contributed by atoms with Gasteiger partial charge in [-0.05, 0) is 79.5 Å². The summed E-state index contributed by atoms with van der Waals surface area (Å²) in [6.45, 7) is 3.23. The summed E-state index contributed by atoms with van der Waals surface area (Å²) in [4.78, 5) is 12.4.